The van der Waals surface area contributed by atoms with Crippen molar-refractivity contribution in [1.82, 2.24) is 15.1 Å². The first-order chi connectivity index (χ1) is 7.84. The lowest BCUT2D eigenvalue weighted by atomic mass is 10.2. The molecule has 1 heterocycles. The number of hydrogen-bond donors (Lipinski definition) is 2. The summed E-state index contributed by atoms with van der Waals surface area (Å²) in [6, 6.07) is 2.44. The van der Waals surface area contributed by atoms with E-state index in [4.69, 9.17) is 5.73 Å². The molecule has 3 N–H and O–H groups in total. The smallest absolute Gasteiger partial charge is 0.188 e. The summed E-state index contributed by atoms with van der Waals surface area (Å²) in [5.41, 5.74) is 5.80. The monoisotopic (exact) mass is 349 g/mol. The SMILES string of the molecule is I.NC(=NCCn1cccn1)NC1CCCC1. The molecule has 6 heteroatoms. The highest BCUT2D eigenvalue weighted by Crippen LogP contribution is 2.17. The Morgan fingerprint density at radius 1 is 1.47 bits per heavy atom. The molecule has 1 aromatic heterocycles. The molecule has 0 atom stereocenters. The van der Waals surface area contributed by atoms with Crippen molar-refractivity contribution in [2.45, 2.75) is 38.3 Å². The summed E-state index contributed by atoms with van der Waals surface area (Å²) in [4.78, 5) is 4.28. The lowest BCUT2D eigenvalue weighted by Crippen LogP contribution is -2.38. The molecule has 17 heavy (non-hydrogen) atoms. The minimum absolute atomic E-state index is 0. The number of guanidine groups is 1. The van der Waals surface area contributed by atoms with Crippen LogP contribution in [0.15, 0.2) is 23.5 Å². The minimum Gasteiger partial charge on any atom is -0.370 e. The molecule has 2 rings (SSSR count). The first-order valence-corrected chi connectivity index (χ1v) is 5.88. The van der Waals surface area contributed by atoms with Gasteiger partial charge in [-0.2, -0.15) is 5.10 Å². The highest BCUT2D eigenvalue weighted by molar-refractivity contribution is 14.0. The van der Waals surface area contributed by atoms with Crippen molar-refractivity contribution < 1.29 is 0 Å². The number of halogens is 1. The van der Waals surface area contributed by atoms with Crippen molar-refractivity contribution in [2.24, 2.45) is 10.7 Å². The molecule has 0 aromatic carbocycles. The lowest BCUT2D eigenvalue weighted by Gasteiger charge is -2.12. The summed E-state index contributed by atoms with van der Waals surface area (Å²) in [5.74, 6) is 0.569. The molecule has 1 saturated carbocycles. The van der Waals surface area contributed by atoms with Gasteiger partial charge in [-0.05, 0) is 18.9 Å². The zero-order valence-electron chi connectivity index (χ0n) is 9.88. The Bertz CT molecular complexity index is 330. The van der Waals surface area contributed by atoms with Crippen molar-refractivity contribution in [3.63, 3.8) is 0 Å². The van der Waals surface area contributed by atoms with Gasteiger partial charge in [0.25, 0.3) is 0 Å². The van der Waals surface area contributed by atoms with Crippen molar-refractivity contribution >= 4 is 29.9 Å². The molecule has 1 aromatic rings. The van der Waals surface area contributed by atoms with E-state index in [1.54, 1.807) is 6.20 Å². The van der Waals surface area contributed by atoms with Crippen LogP contribution in [-0.4, -0.2) is 28.3 Å². The van der Waals surface area contributed by atoms with Crippen LogP contribution in [0.1, 0.15) is 25.7 Å². The van der Waals surface area contributed by atoms with E-state index in [-0.39, 0.29) is 24.0 Å². The summed E-state index contributed by atoms with van der Waals surface area (Å²) in [6.07, 6.45) is 8.74. The number of nitrogens with one attached hydrogen (secondary N) is 1. The summed E-state index contributed by atoms with van der Waals surface area (Å²) < 4.78 is 1.85. The molecule has 0 radical (unpaired) electrons. The van der Waals surface area contributed by atoms with Crippen LogP contribution in [0.2, 0.25) is 0 Å². The molecular formula is C11H20IN5. The normalized spacial score (nSPS) is 16.8. The molecule has 0 spiro atoms. The molecule has 1 aliphatic rings. The first-order valence-electron chi connectivity index (χ1n) is 5.88. The fraction of sp³-hybridized carbons (Fsp3) is 0.636. The Morgan fingerprint density at radius 2 is 2.24 bits per heavy atom. The van der Waals surface area contributed by atoms with Crippen molar-refractivity contribution in [1.29, 1.82) is 0 Å². The third-order valence-corrected chi connectivity index (χ3v) is 2.88. The first kappa shape index (κ1) is 14.3. The van der Waals surface area contributed by atoms with Gasteiger partial charge in [0.15, 0.2) is 5.96 Å². The van der Waals surface area contributed by atoms with E-state index in [0.717, 1.165) is 6.54 Å². The van der Waals surface area contributed by atoms with E-state index in [2.05, 4.69) is 15.4 Å². The largest absolute Gasteiger partial charge is 0.370 e. The van der Waals surface area contributed by atoms with Gasteiger partial charge in [-0.3, -0.25) is 9.67 Å². The number of aromatic nitrogens is 2. The molecule has 0 saturated heterocycles. The number of aliphatic imine (C=N–C) groups is 1. The Morgan fingerprint density at radius 3 is 2.88 bits per heavy atom. The standard InChI is InChI=1S/C11H19N5.HI/c12-11(15-10-4-1-2-5-10)13-7-9-16-8-3-6-14-16;/h3,6,8,10H,1-2,4-5,7,9H2,(H3,12,13,15);1H. The average molecular weight is 349 g/mol. The second kappa shape index (κ2) is 7.52. The minimum atomic E-state index is 0. The molecule has 1 aliphatic carbocycles. The summed E-state index contributed by atoms with van der Waals surface area (Å²) in [6.45, 7) is 1.45. The predicted octanol–water partition coefficient (Wildman–Crippen LogP) is 1.35. The van der Waals surface area contributed by atoms with E-state index in [9.17, 15) is 0 Å². The van der Waals surface area contributed by atoms with Crippen molar-refractivity contribution in [2.75, 3.05) is 6.54 Å². The van der Waals surface area contributed by atoms with Crippen LogP contribution in [0.4, 0.5) is 0 Å². The molecule has 0 amide bonds. The van der Waals surface area contributed by atoms with E-state index in [1.165, 1.54) is 25.7 Å². The molecule has 96 valence electrons. The zero-order valence-corrected chi connectivity index (χ0v) is 12.2. The van der Waals surface area contributed by atoms with E-state index < -0.39 is 0 Å². The van der Waals surface area contributed by atoms with E-state index in [1.807, 2.05) is 16.9 Å². The number of nitrogens with two attached hydrogens (primary N) is 1. The predicted molar refractivity (Wildman–Crippen MR) is 79.5 cm³/mol. The Labute approximate surface area is 119 Å². The van der Waals surface area contributed by atoms with Gasteiger partial charge in [-0.25, -0.2) is 0 Å². The summed E-state index contributed by atoms with van der Waals surface area (Å²) >= 11 is 0. The van der Waals surface area contributed by atoms with Crippen molar-refractivity contribution in [3.05, 3.63) is 18.5 Å². The maximum atomic E-state index is 5.80. The third-order valence-electron chi connectivity index (χ3n) is 2.88. The van der Waals surface area contributed by atoms with Gasteiger partial charge in [0.1, 0.15) is 0 Å². The van der Waals surface area contributed by atoms with Gasteiger partial charge in [-0.1, -0.05) is 12.8 Å². The Balaban J connectivity index is 0.00000144. The molecule has 0 bridgehead atoms. The van der Waals surface area contributed by atoms with Gasteiger partial charge in [0.05, 0.1) is 13.1 Å². The van der Waals surface area contributed by atoms with E-state index >= 15 is 0 Å². The average Bonchev–Trinajstić information content (AvgIpc) is 2.90. The summed E-state index contributed by atoms with van der Waals surface area (Å²) in [7, 11) is 0. The van der Waals surface area contributed by atoms with Crippen LogP contribution in [0.25, 0.3) is 0 Å². The van der Waals surface area contributed by atoms with Crippen LogP contribution in [0, 0.1) is 0 Å². The highest BCUT2D eigenvalue weighted by Gasteiger charge is 2.14. The number of rotatable bonds is 4. The molecule has 5 nitrogen and oxygen atoms in total. The lowest BCUT2D eigenvalue weighted by molar-refractivity contribution is 0.608. The van der Waals surface area contributed by atoms with Crippen LogP contribution >= 0.6 is 24.0 Å². The zero-order chi connectivity index (χ0) is 11.2. The van der Waals surface area contributed by atoms with Gasteiger partial charge >= 0.3 is 0 Å². The highest BCUT2D eigenvalue weighted by atomic mass is 127. The summed E-state index contributed by atoms with van der Waals surface area (Å²) in [5, 5.41) is 7.36. The molecule has 0 aliphatic heterocycles. The molecule has 1 fully saturated rings. The van der Waals surface area contributed by atoms with Crippen LogP contribution in [0.3, 0.4) is 0 Å². The maximum absolute atomic E-state index is 5.80. The molecule has 0 unspecified atom stereocenters. The third kappa shape index (κ3) is 4.93. The van der Waals surface area contributed by atoms with Gasteiger partial charge < -0.3 is 11.1 Å². The maximum Gasteiger partial charge on any atom is 0.188 e. The van der Waals surface area contributed by atoms with Gasteiger partial charge in [0.2, 0.25) is 0 Å². The fourth-order valence-corrected chi connectivity index (χ4v) is 2.03. The number of nitrogens with zero attached hydrogens (tertiary/aromatic N) is 3. The van der Waals surface area contributed by atoms with Crippen LogP contribution < -0.4 is 11.1 Å². The molecular weight excluding hydrogens is 329 g/mol. The Kier molecular flexibility index (Phi) is 6.31. The van der Waals surface area contributed by atoms with Crippen LogP contribution in [0.5, 0.6) is 0 Å². The second-order valence-electron chi connectivity index (χ2n) is 4.16. The van der Waals surface area contributed by atoms with E-state index in [0.29, 0.717) is 18.5 Å². The fourth-order valence-electron chi connectivity index (χ4n) is 2.03. The Hall–Kier alpha value is -0.790. The van der Waals surface area contributed by atoms with Gasteiger partial charge in [0, 0.05) is 18.4 Å². The van der Waals surface area contributed by atoms with Gasteiger partial charge in [-0.15, -0.1) is 24.0 Å². The van der Waals surface area contributed by atoms with Crippen LogP contribution in [-0.2, 0) is 6.54 Å². The quantitative estimate of drug-likeness (QED) is 0.490. The topological polar surface area (TPSA) is 68.2 Å². The number of hydrogen-bond acceptors (Lipinski definition) is 2. The van der Waals surface area contributed by atoms with Crippen molar-refractivity contribution in [3.8, 4) is 0 Å². The second-order valence-corrected chi connectivity index (χ2v) is 4.16.